The number of nitrogens with zero attached hydrogens (tertiary/aromatic N) is 1. The SMILES string of the molecule is Cc1cc(NCC(F)(F)F)ccc1[N+](=O)[O-]. The first kappa shape index (κ1) is 12.3. The maximum Gasteiger partial charge on any atom is 0.405 e. The highest BCUT2D eigenvalue weighted by atomic mass is 19.4. The summed E-state index contributed by atoms with van der Waals surface area (Å²) in [4.78, 5) is 9.87. The molecule has 0 atom stereocenters. The van der Waals surface area contributed by atoms with E-state index in [0.29, 0.717) is 5.56 Å². The van der Waals surface area contributed by atoms with Crippen LogP contribution in [0.25, 0.3) is 0 Å². The van der Waals surface area contributed by atoms with Gasteiger partial charge in [0.1, 0.15) is 6.54 Å². The Morgan fingerprint density at radius 2 is 2.06 bits per heavy atom. The second-order valence-corrected chi connectivity index (χ2v) is 3.23. The number of halogens is 3. The van der Waals surface area contributed by atoms with Gasteiger partial charge in [0.2, 0.25) is 0 Å². The molecule has 0 aliphatic heterocycles. The zero-order valence-electron chi connectivity index (χ0n) is 8.34. The van der Waals surface area contributed by atoms with Gasteiger partial charge in [-0.2, -0.15) is 13.2 Å². The fraction of sp³-hybridized carbons (Fsp3) is 0.333. The van der Waals surface area contributed by atoms with Gasteiger partial charge in [0.25, 0.3) is 5.69 Å². The molecule has 0 amide bonds. The van der Waals surface area contributed by atoms with Crippen molar-refractivity contribution in [1.29, 1.82) is 0 Å². The van der Waals surface area contributed by atoms with E-state index in [-0.39, 0.29) is 11.4 Å². The first-order valence-corrected chi connectivity index (χ1v) is 4.35. The van der Waals surface area contributed by atoms with Crippen molar-refractivity contribution >= 4 is 11.4 Å². The largest absolute Gasteiger partial charge is 0.405 e. The Labute approximate surface area is 89.2 Å². The highest BCUT2D eigenvalue weighted by molar-refractivity contribution is 5.53. The lowest BCUT2D eigenvalue weighted by molar-refractivity contribution is -0.385. The van der Waals surface area contributed by atoms with Gasteiger partial charge in [0, 0.05) is 17.3 Å². The molecule has 0 aromatic heterocycles. The van der Waals surface area contributed by atoms with E-state index >= 15 is 0 Å². The van der Waals surface area contributed by atoms with E-state index < -0.39 is 17.6 Å². The number of benzene rings is 1. The van der Waals surface area contributed by atoms with Crippen LogP contribution in [0.4, 0.5) is 24.5 Å². The summed E-state index contributed by atoms with van der Waals surface area (Å²) in [6.07, 6.45) is -4.31. The normalized spacial score (nSPS) is 11.2. The molecular formula is C9H9F3N2O2. The van der Waals surface area contributed by atoms with Gasteiger partial charge in [-0.05, 0) is 19.1 Å². The molecule has 1 aromatic carbocycles. The number of aryl methyl sites for hydroxylation is 1. The molecule has 88 valence electrons. The third kappa shape index (κ3) is 3.41. The minimum Gasteiger partial charge on any atom is -0.376 e. The Hall–Kier alpha value is -1.79. The molecule has 1 N–H and O–H groups in total. The number of alkyl halides is 3. The Kier molecular flexibility index (Phi) is 3.36. The van der Waals surface area contributed by atoms with E-state index in [1.54, 1.807) is 0 Å². The van der Waals surface area contributed by atoms with Crippen LogP contribution >= 0.6 is 0 Å². The van der Waals surface area contributed by atoms with Crippen molar-refractivity contribution < 1.29 is 18.1 Å². The van der Waals surface area contributed by atoms with E-state index in [9.17, 15) is 23.3 Å². The molecular weight excluding hydrogens is 225 g/mol. The molecule has 0 aliphatic carbocycles. The van der Waals surface area contributed by atoms with Crippen LogP contribution in [0.5, 0.6) is 0 Å². The molecule has 0 fully saturated rings. The lowest BCUT2D eigenvalue weighted by atomic mass is 10.2. The van der Waals surface area contributed by atoms with Crippen LogP contribution in [-0.2, 0) is 0 Å². The number of nitro groups is 1. The predicted molar refractivity (Wildman–Crippen MR) is 52.4 cm³/mol. The fourth-order valence-corrected chi connectivity index (χ4v) is 1.17. The molecule has 0 saturated carbocycles. The van der Waals surface area contributed by atoms with Crippen LogP contribution in [0.2, 0.25) is 0 Å². The fourth-order valence-electron chi connectivity index (χ4n) is 1.17. The van der Waals surface area contributed by atoms with Crippen molar-refractivity contribution in [2.24, 2.45) is 0 Å². The molecule has 0 heterocycles. The lowest BCUT2D eigenvalue weighted by Crippen LogP contribution is -2.21. The van der Waals surface area contributed by atoms with Gasteiger partial charge in [0.05, 0.1) is 4.92 Å². The number of nitro benzene ring substituents is 1. The molecule has 0 spiro atoms. The highest BCUT2D eigenvalue weighted by Crippen LogP contribution is 2.23. The van der Waals surface area contributed by atoms with Gasteiger partial charge in [0.15, 0.2) is 0 Å². The van der Waals surface area contributed by atoms with Crippen molar-refractivity contribution in [2.45, 2.75) is 13.1 Å². The summed E-state index contributed by atoms with van der Waals surface area (Å²) in [5.74, 6) is 0. The van der Waals surface area contributed by atoms with Crippen molar-refractivity contribution in [3.8, 4) is 0 Å². The number of rotatable bonds is 3. The molecule has 0 saturated heterocycles. The monoisotopic (exact) mass is 234 g/mol. The van der Waals surface area contributed by atoms with Crippen molar-refractivity contribution in [1.82, 2.24) is 0 Å². The Balaban J connectivity index is 2.78. The summed E-state index contributed by atoms with van der Waals surface area (Å²) in [6, 6.07) is 3.73. The first-order chi connectivity index (χ1) is 7.29. The number of anilines is 1. The van der Waals surface area contributed by atoms with E-state index in [1.807, 2.05) is 0 Å². The van der Waals surface area contributed by atoms with E-state index in [0.717, 1.165) is 0 Å². The molecule has 7 heteroatoms. The smallest absolute Gasteiger partial charge is 0.376 e. The molecule has 0 aliphatic rings. The molecule has 16 heavy (non-hydrogen) atoms. The zero-order valence-corrected chi connectivity index (χ0v) is 8.34. The summed E-state index contributed by atoms with van der Waals surface area (Å²) < 4.78 is 35.6. The summed E-state index contributed by atoms with van der Waals surface area (Å²) >= 11 is 0. The minimum absolute atomic E-state index is 0.113. The van der Waals surface area contributed by atoms with Gasteiger partial charge in [-0.3, -0.25) is 10.1 Å². The second-order valence-electron chi connectivity index (χ2n) is 3.23. The van der Waals surface area contributed by atoms with Crippen LogP contribution in [0.3, 0.4) is 0 Å². The predicted octanol–water partition coefficient (Wildman–Crippen LogP) is 2.88. The summed E-state index contributed by atoms with van der Waals surface area (Å²) in [6.45, 7) is 0.307. The topological polar surface area (TPSA) is 55.2 Å². The van der Waals surface area contributed by atoms with Gasteiger partial charge < -0.3 is 5.32 Å². The Bertz CT molecular complexity index is 404. The third-order valence-electron chi connectivity index (χ3n) is 1.89. The van der Waals surface area contributed by atoms with Crippen molar-refractivity contribution in [2.75, 3.05) is 11.9 Å². The average Bonchev–Trinajstić information content (AvgIpc) is 2.13. The summed E-state index contributed by atoms with van der Waals surface area (Å²) in [5.41, 5.74) is 0.412. The second kappa shape index (κ2) is 4.38. The maximum absolute atomic E-state index is 11.9. The molecule has 0 radical (unpaired) electrons. The molecule has 0 bridgehead atoms. The van der Waals surface area contributed by atoms with Crippen LogP contribution in [-0.4, -0.2) is 17.6 Å². The van der Waals surface area contributed by atoms with Crippen molar-refractivity contribution in [3.05, 3.63) is 33.9 Å². The third-order valence-corrected chi connectivity index (χ3v) is 1.89. The molecule has 0 unspecified atom stereocenters. The van der Waals surface area contributed by atoms with Crippen LogP contribution < -0.4 is 5.32 Å². The Morgan fingerprint density at radius 1 is 1.44 bits per heavy atom. The molecule has 1 rings (SSSR count). The standard InChI is InChI=1S/C9H9F3N2O2/c1-6-4-7(13-5-9(10,11)12)2-3-8(6)14(15)16/h2-4,13H,5H2,1H3. The van der Waals surface area contributed by atoms with Gasteiger partial charge in [-0.15, -0.1) is 0 Å². The first-order valence-electron chi connectivity index (χ1n) is 4.35. The number of hydrogen-bond donors (Lipinski definition) is 1. The molecule has 4 nitrogen and oxygen atoms in total. The van der Waals surface area contributed by atoms with E-state index in [1.165, 1.54) is 25.1 Å². The van der Waals surface area contributed by atoms with Crippen molar-refractivity contribution in [3.63, 3.8) is 0 Å². The maximum atomic E-state index is 11.9. The quantitative estimate of drug-likeness (QED) is 0.646. The number of nitrogens with one attached hydrogen (secondary N) is 1. The van der Waals surface area contributed by atoms with Crippen LogP contribution in [0.15, 0.2) is 18.2 Å². The lowest BCUT2D eigenvalue weighted by Gasteiger charge is -2.09. The van der Waals surface area contributed by atoms with Crippen LogP contribution in [0.1, 0.15) is 5.56 Å². The minimum atomic E-state index is -4.31. The Morgan fingerprint density at radius 3 is 2.50 bits per heavy atom. The van der Waals surface area contributed by atoms with E-state index in [4.69, 9.17) is 0 Å². The van der Waals surface area contributed by atoms with E-state index in [2.05, 4.69) is 5.32 Å². The zero-order chi connectivity index (χ0) is 12.3. The average molecular weight is 234 g/mol. The van der Waals surface area contributed by atoms with Gasteiger partial charge >= 0.3 is 6.18 Å². The van der Waals surface area contributed by atoms with Gasteiger partial charge in [-0.1, -0.05) is 0 Å². The summed E-state index contributed by atoms with van der Waals surface area (Å²) in [5, 5.41) is 12.6. The molecule has 1 aromatic rings. The highest BCUT2D eigenvalue weighted by Gasteiger charge is 2.26. The summed E-state index contributed by atoms with van der Waals surface area (Å²) in [7, 11) is 0. The number of hydrogen-bond acceptors (Lipinski definition) is 3. The van der Waals surface area contributed by atoms with Gasteiger partial charge in [-0.25, -0.2) is 0 Å². The van der Waals surface area contributed by atoms with Crippen LogP contribution in [0, 0.1) is 17.0 Å².